The number of nitrogens with zero attached hydrogens (tertiary/aromatic N) is 3. The van der Waals surface area contributed by atoms with Gasteiger partial charge in [0.05, 0.1) is 6.42 Å². The number of hydrogen-bond acceptors (Lipinski definition) is 3. The van der Waals surface area contributed by atoms with Crippen LogP contribution in [0.1, 0.15) is 27.2 Å². The third-order valence-corrected chi connectivity index (χ3v) is 1.02. The van der Waals surface area contributed by atoms with Gasteiger partial charge in [0.2, 0.25) is 0 Å². The van der Waals surface area contributed by atoms with Crippen molar-refractivity contribution >= 4 is 5.97 Å². The first-order valence-electron chi connectivity index (χ1n) is 3.62. The molecule has 0 amide bonds. The molecule has 0 aliphatic rings. The molecule has 0 aromatic carbocycles. The molecule has 0 radical (unpaired) electrons. The van der Waals surface area contributed by atoms with Gasteiger partial charge in [-0.1, -0.05) is 25.9 Å². The standard InChI is InChI=1S/C7H13N3O2/c1-7(2,3)4-6(11)12-5-9-10-8/h4-5H2,1-3H3. The third kappa shape index (κ3) is 6.89. The first-order chi connectivity index (χ1) is 5.45. The minimum absolute atomic E-state index is 0.0898. The van der Waals surface area contributed by atoms with Gasteiger partial charge in [-0.2, -0.15) is 0 Å². The summed E-state index contributed by atoms with van der Waals surface area (Å²) in [5.41, 5.74) is 7.79. The normalized spacial score (nSPS) is 10.2. The summed E-state index contributed by atoms with van der Waals surface area (Å²) in [5.74, 6) is -0.338. The Kier molecular flexibility index (Phi) is 4.15. The van der Waals surface area contributed by atoms with E-state index in [1.54, 1.807) is 0 Å². The molecule has 0 heterocycles. The fourth-order valence-corrected chi connectivity index (χ4v) is 0.611. The van der Waals surface area contributed by atoms with E-state index in [4.69, 9.17) is 5.53 Å². The lowest BCUT2D eigenvalue weighted by atomic mass is 9.93. The summed E-state index contributed by atoms with van der Waals surface area (Å²) in [6.45, 7) is 5.58. The zero-order chi connectivity index (χ0) is 9.61. The molecule has 0 atom stereocenters. The highest BCUT2D eigenvalue weighted by Crippen LogP contribution is 2.18. The molecule has 5 heteroatoms. The maximum absolute atomic E-state index is 10.9. The van der Waals surface area contributed by atoms with Crippen molar-refractivity contribution in [3.05, 3.63) is 10.4 Å². The maximum Gasteiger partial charge on any atom is 0.306 e. The number of ether oxygens (including phenoxy) is 1. The number of rotatable bonds is 3. The largest absolute Gasteiger partial charge is 0.460 e. The van der Waals surface area contributed by atoms with Crippen molar-refractivity contribution in [2.24, 2.45) is 10.5 Å². The van der Waals surface area contributed by atoms with Crippen molar-refractivity contribution in [3.63, 3.8) is 0 Å². The summed E-state index contributed by atoms with van der Waals surface area (Å²) in [7, 11) is 0. The average Bonchev–Trinajstić information content (AvgIpc) is 1.84. The molecule has 0 fully saturated rings. The van der Waals surface area contributed by atoms with Crippen molar-refractivity contribution in [2.45, 2.75) is 27.2 Å². The van der Waals surface area contributed by atoms with E-state index in [2.05, 4.69) is 14.8 Å². The molecule has 0 saturated heterocycles. The molecule has 0 aromatic rings. The van der Waals surface area contributed by atoms with E-state index in [9.17, 15) is 4.79 Å². The van der Waals surface area contributed by atoms with Crippen LogP contribution >= 0.6 is 0 Å². The molecule has 0 aromatic heterocycles. The zero-order valence-corrected chi connectivity index (χ0v) is 7.57. The molecule has 12 heavy (non-hydrogen) atoms. The lowest BCUT2D eigenvalue weighted by molar-refractivity contribution is -0.145. The van der Waals surface area contributed by atoms with Crippen molar-refractivity contribution < 1.29 is 9.53 Å². The number of hydrogen-bond donors (Lipinski definition) is 0. The number of esters is 1. The highest BCUT2D eigenvalue weighted by Gasteiger charge is 2.16. The van der Waals surface area contributed by atoms with E-state index < -0.39 is 0 Å². The van der Waals surface area contributed by atoms with E-state index in [0.717, 1.165) is 0 Å². The van der Waals surface area contributed by atoms with Gasteiger partial charge in [-0.3, -0.25) is 4.79 Å². The second kappa shape index (κ2) is 4.62. The predicted octanol–water partition coefficient (Wildman–Crippen LogP) is 2.23. The van der Waals surface area contributed by atoms with E-state index in [1.807, 2.05) is 20.8 Å². The van der Waals surface area contributed by atoms with Gasteiger partial charge in [-0.05, 0) is 10.9 Å². The molecule has 0 aliphatic carbocycles. The van der Waals surface area contributed by atoms with Crippen LogP contribution in [0, 0.1) is 5.41 Å². The molecule has 0 saturated carbocycles. The monoisotopic (exact) mass is 171 g/mol. The van der Waals surface area contributed by atoms with E-state index in [0.29, 0.717) is 6.42 Å². The third-order valence-electron chi connectivity index (χ3n) is 1.02. The molecule has 0 rings (SSSR count). The van der Waals surface area contributed by atoms with Crippen LogP contribution in [0.4, 0.5) is 0 Å². The summed E-state index contributed by atoms with van der Waals surface area (Å²) >= 11 is 0. The van der Waals surface area contributed by atoms with Gasteiger partial charge in [-0.25, -0.2) is 0 Å². The van der Waals surface area contributed by atoms with Gasteiger partial charge in [0.25, 0.3) is 0 Å². The SMILES string of the molecule is CC(C)(C)CC(=O)OCN=[N+]=[N-]. The second-order valence-corrected chi connectivity index (χ2v) is 3.61. The van der Waals surface area contributed by atoms with Crippen LogP contribution in [0.5, 0.6) is 0 Å². The quantitative estimate of drug-likeness (QED) is 0.282. The Morgan fingerprint density at radius 2 is 2.17 bits per heavy atom. The number of azide groups is 1. The summed E-state index contributed by atoms with van der Waals surface area (Å²) in [4.78, 5) is 13.4. The lowest BCUT2D eigenvalue weighted by Gasteiger charge is -2.15. The molecular formula is C7H13N3O2. The van der Waals surface area contributed by atoms with Crippen LogP contribution in [-0.4, -0.2) is 12.7 Å². The molecule has 0 aliphatic heterocycles. The van der Waals surface area contributed by atoms with Crippen molar-refractivity contribution in [3.8, 4) is 0 Å². The van der Waals surface area contributed by atoms with Crippen LogP contribution < -0.4 is 0 Å². The van der Waals surface area contributed by atoms with Gasteiger partial charge in [0, 0.05) is 4.91 Å². The summed E-state index contributed by atoms with van der Waals surface area (Å²) in [6.07, 6.45) is 0.327. The molecule has 68 valence electrons. The Balaban J connectivity index is 3.68. The number of carbonyl (C=O) groups is 1. The van der Waals surface area contributed by atoms with E-state index in [1.165, 1.54) is 0 Å². The smallest absolute Gasteiger partial charge is 0.306 e. The number of carbonyl (C=O) groups excluding carboxylic acids is 1. The molecular weight excluding hydrogens is 158 g/mol. The second-order valence-electron chi connectivity index (χ2n) is 3.61. The molecule has 0 spiro atoms. The molecule has 0 bridgehead atoms. The first kappa shape index (κ1) is 10.8. The first-order valence-corrected chi connectivity index (χ1v) is 3.62. The Labute approximate surface area is 71.3 Å². The summed E-state index contributed by atoms with van der Waals surface area (Å²) in [5, 5.41) is 3.08. The predicted molar refractivity (Wildman–Crippen MR) is 44.2 cm³/mol. The highest BCUT2D eigenvalue weighted by molar-refractivity contribution is 5.70. The molecule has 0 unspecified atom stereocenters. The van der Waals surface area contributed by atoms with Crippen LogP contribution in [0.2, 0.25) is 0 Å². The van der Waals surface area contributed by atoms with Gasteiger partial charge in [0.15, 0.2) is 6.73 Å². The van der Waals surface area contributed by atoms with Crippen molar-refractivity contribution in [1.29, 1.82) is 0 Å². The summed E-state index contributed by atoms with van der Waals surface area (Å²) in [6, 6.07) is 0. The Morgan fingerprint density at radius 1 is 1.58 bits per heavy atom. The van der Waals surface area contributed by atoms with Gasteiger partial charge in [0.1, 0.15) is 0 Å². The van der Waals surface area contributed by atoms with Crippen LogP contribution in [0.3, 0.4) is 0 Å². The van der Waals surface area contributed by atoms with Crippen LogP contribution in [0.15, 0.2) is 5.11 Å². The average molecular weight is 171 g/mol. The molecule has 5 nitrogen and oxygen atoms in total. The fraction of sp³-hybridized carbons (Fsp3) is 0.857. The van der Waals surface area contributed by atoms with Crippen LogP contribution in [-0.2, 0) is 9.53 Å². The fourth-order valence-electron chi connectivity index (χ4n) is 0.611. The van der Waals surface area contributed by atoms with Gasteiger partial charge in [-0.15, -0.1) is 0 Å². The maximum atomic E-state index is 10.9. The van der Waals surface area contributed by atoms with Gasteiger partial charge >= 0.3 is 5.97 Å². The van der Waals surface area contributed by atoms with Crippen LogP contribution in [0.25, 0.3) is 10.4 Å². The Bertz CT molecular complexity index is 201. The molecule has 0 N–H and O–H groups in total. The highest BCUT2D eigenvalue weighted by atomic mass is 16.5. The lowest BCUT2D eigenvalue weighted by Crippen LogP contribution is -2.15. The van der Waals surface area contributed by atoms with Crippen molar-refractivity contribution in [1.82, 2.24) is 0 Å². The summed E-state index contributed by atoms with van der Waals surface area (Å²) < 4.78 is 4.60. The minimum atomic E-state index is -0.338. The zero-order valence-electron chi connectivity index (χ0n) is 7.57. The van der Waals surface area contributed by atoms with Gasteiger partial charge < -0.3 is 4.74 Å². The topological polar surface area (TPSA) is 75.1 Å². The van der Waals surface area contributed by atoms with E-state index >= 15 is 0 Å². The van der Waals surface area contributed by atoms with Crippen molar-refractivity contribution in [2.75, 3.05) is 6.73 Å². The Hall–Kier alpha value is -1.22. The Morgan fingerprint density at radius 3 is 2.58 bits per heavy atom. The van der Waals surface area contributed by atoms with E-state index in [-0.39, 0.29) is 18.1 Å². The minimum Gasteiger partial charge on any atom is -0.460 e.